The predicted octanol–water partition coefficient (Wildman–Crippen LogP) is 3.97. The summed E-state index contributed by atoms with van der Waals surface area (Å²) in [7, 11) is 0. The van der Waals surface area contributed by atoms with Gasteiger partial charge in [-0.25, -0.2) is 4.99 Å². The number of hydrogen-bond donors (Lipinski definition) is 1. The maximum atomic E-state index is 5.99. The summed E-state index contributed by atoms with van der Waals surface area (Å²) in [6.45, 7) is 4.46. The maximum absolute atomic E-state index is 5.99. The molecule has 0 aliphatic heterocycles. The van der Waals surface area contributed by atoms with Crippen molar-refractivity contribution < 1.29 is 4.84 Å². The zero-order valence-electron chi connectivity index (χ0n) is 9.26. The number of amidine groups is 1. The van der Waals surface area contributed by atoms with Crippen LogP contribution in [0.5, 0.6) is 0 Å². The molecule has 3 nitrogen and oxygen atoms in total. The van der Waals surface area contributed by atoms with Gasteiger partial charge in [0.1, 0.15) is 5.84 Å². The molecule has 5 heteroatoms. The highest BCUT2D eigenvalue weighted by Crippen LogP contribution is 2.31. The van der Waals surface area contributed by atoms with E-state index in [0.29, 0.717) is 28.2 Å². The Hall–Kier alpha value is -0.770. The first-order valence-electron chi connectivity index (χ1n) is 5.02. The molecule has 1 N–H and O–H groups in total. The largest absolute Gasteiger partial charge is 0.275 e. The van der Waals surface area contributed by atoms with Gasteiger partial charge in [-0.2, -0.15) is 0 Å². The van der Waals surface area contributed by atoms with E-state index in [0.717, 1.165) is 6.42 Å². The zero-order valence-corrected chi connectivity index (χ0v) is 10.8. The van der Waals surface area contributed by atoms with E-state index in [4.69, 9.17) is 28.0 Å². The Balaban J connectivity index is 2.70. The molecule has 0 radical (unpaired) electrons. The van der Waals surface area contributed by atoms with Crippen LogP contribution in [0.25, 0.3) is 0 Å². The second-order valence-corrected chi connectivity index (χ2v) is 4.01. The third-order valence-electron chi connectivity index (χ3n) is 1.75. The van der Waals surface area contributed by atoms with E-state index in [1.807, 2.05) is 6.92 Å². The molecule has 16 heavy (non-hydrogen) atoms. The van der Waals surface area contributed by atoms with E-state index in [9.17, 15) is 0 Å². The number of nitrogens with zero attached hydrogens (tertiary/aromatic N) is 1. The first-order chi connectivity index (χ1) is 7.65. The molecule has 88 valence electrons. The molecule has 1 aromatic rings. The Morgan fingerprint density at radius 2 is 2.19 bits per heavy atom. The van der Waals surface area contributed by atoms with Crippen LogP contribution in [0, 0.1) is 0 Å². The summed E-state index contributed by atoms with van der Waals surface area (Å²) in [6.07, 6.45) is 0.943. The number of aliphatic imine (C=N–C) groups is 1. The summed E-state index contributed by atoms with van der Waals surface area (Å²) in [5.74, 6) is 0.637. The summed E-state index contributed by atoms with van der Waals surface area (Å²) in [4.78, 5) is 9.39. The van der Waals surface area contributed by atoms with E-state index in [-0.39, 0.29) is 0 Å². The van der Waals surface area contributed by atoms with Crippen LogP contribution in [-0.4, -0.2) is 12.4 Å². The highest BCUT2D eigenvalue weighted by Gasteiger charge is 2.03. The van der Waals surface area contributed by atoms with Gasteiger partial charge in [-0.1, -0.05) is 36.2 Å². The normalized spacial score (nSPS) is 11.6. The first kappa shape index (κ1) is 13.3. The zero-order chi connectivity index (χ0) is 12.0. The molecule has 0 heterocycles. The van der Waals surface area contributed by atoms with Crippen molar-refractivity contribution in [1.82, 2.24) is 5.48 Å². The molecule has 0 atom stereocenters. The van der Waals surface area contributed by atoms with E-state index in [1.165, 1.54) is 0 Å². The Morgan fingerprint density at radius 3 is 2.88 bits per heavy atom. The number of hydroxylamine groups is 1. The van der Waals surface area contributed by atoms with Crippen molar-refractivity contribution in [3.05, 3.63) is 28.2 Å². The lowest BCUT2D eigenvalue weighted by molar-refractivity contribution is 0.0852. The molecule has 0 aromatic heterocycles. The van der Waals surface area contributed by atoms with Crippen LogP contribution in [0.3, 0.4) is 0 Å². The summed E-state index contributed by atoms with van der Waals surface area (Å²) in [5, 5.41) is 0.936. The fourth-order valence-corrected chi connectivity index (χ4v) is 1.38. The summed E-state index contributed by atoms with van der Waals surface area (Å²) < 4.78 is 0. The van der Waals surface area contributed by atoms with Crippen molar-refractivity contribution in [1.29, 1.82) is 0 Å². The first-order valence-corrected chi connectivity index (χ1v) is 5.78. The van der Waals surface area contributed by atoms with Gasteiger partial charge < -0.3 is 0 Å². The van der Waals surface area contributed by atoms with Crippen LogP contribution in [0.2, 0.25) is 10.0 Å². The van der Waals surface area contributed by atoms with Gasteiger partial charge in [-0.05, 0) is 25.5 Å². The molecule has 1 aromatic carbocycles. The average molecular weight is 261 g/mol. The maximum Gasteiger partial charge on any atom is 0.123 e. The second kappa shape index (κ2) is 6.74. The van der Waals surface area contributed by atoms with E-state index >= 15 is 0 Å². The Kier molecular flexibility index (Phi) is 5.60. The number of hydrogen-bond acceptors (Lipinski definition) is 2. The number of nitrogens with one attached hydrogen (secondary N) is 1. The SMILES string of the molecule is CCCONC(C)=Nc1cccc(Cl)c1Cl. The molecule has 0 saturated heterocycles. The van der Waals surface area contributed by atoms with Crippen molar-refractivity contribution in [3.8, 4) is 0 Å². The van der Waals surface area contributed by atoms with Crippen LogP contribution in [0.15, 0.2) is 23.2 Å². The van der Waals surface area contributed by atoms with Gasteiger partial charge in [-0.3, -0.25) is 10.3 Å². The third kappa shape index (κ3) is 4.00. The lowest BCUT2D eigenvalue weighted by Gasteiger charge is -2.06. The van der Waals surface area contributed by atoms with Crippen LogP contribution >= 0.6 is 23.2 Å². The van der Waals surface area contributed by atoms with Crippen molar-refractivity contribution >= 4 is 34.7 Å². The highest BCUT2D eigenvalue weighted by molar-refractivity contribution is 6.43. The summed E-state index contributed by atoms with van der Waals surface area (Å²) >= 11 is 11.9. The minimum atomic E-state index is 0.445. The van der Waals surface area contributed by atoms with Gasteiger partial charge in [0.2, 0.25) is 0 Å². The molecular formula is C11H14Cl2N2O. The van der Waals surface area contributed by atoms with Crippen molar-refractivity contribution in [3.63, 3.8) is 0 Å². The molecule has 0 fully saturated rings. The molecule has 0 unspecified atom stereocenters. The average Bonchev–Trinajstić information content (AvgIpc) is 2.25. The minimum Gasteiger partial charge on any atom is -0.275 e. The molecule has 0 aliphatic carbocycles. The van der Waals surface area contributed by atoms with Gasteiger partial charge in [0.05, 0.1) is 22.3 Å². The quantitative estimate of drug-likeness (QED) is 0.385. The highest BCUT2D eigenvalue weighted by atomic mass is 35.5. The second-order valence-electron chi connectivity index (χ2n) is 3.22. The van der Waals surface area contributed by atoms with E-state index < -0.39 is 0 Å². The molecular weight excluding hydrogens is 247 g/mol. The van der Waals surface area contributed by atoms with Gasteiger partial charge in [0, 0.05) is 0 Å². The fourth-order valence-electron chi connectivity index (χ4n) is 1.04. The topological polar surface area (TPSA) is 33.6 Å². The van der Waals surface area contributed by atoms with Crippen LogP contribution in [0.4, 0.5) is 5.69 Å². The smallest absolute Gasteiger partial charge is 0.123 e. The van der Waals surface area contributed by atoms with Crippen molar-refractivity contribution in [2.75, 3.05) is 6.61 Å². The molecule has 1 rings (SSSR count). The van der Waals surface area contributed by atoms with Crippen LogP contribution in [-0.2, 0) is 4.84 Å². The Bertz CT molecular complexity index is 380. The minimum absolute atomic E-state index is 0.445. The molecule has 0 amide bonds. The third-order valence-corrected chi connectivity index (χ3v) is 2.55. The summed E-state index contributed by atoms with van der Waals surface area (Å²) in [5.41, 5.74) is 3.35. The van der Waals surface area contributed by atoms with Crippen LogP contribution < -0.4 is 5.48 Å². The van der Waals surface area contributed by atoms with Gasteiger partial charge in [-0.15, -0.1) is 0 Å². The van der Waals surface area contributed by atoms with Gasteiger partial charge in [0.15, 0.2) is 0 Å². The Morgan fingerprint density at radius 1 is 1.44 bits per heavy atom. The molecule has 0 bridgehead atoms. The summed E-state index contributed by atoms with van der Waals surface area (Å²) in [6, 6.07) is 5.31. The standard InChI is InChI=1S/C11H14Cl2N2O/c1-3-7-16-15-8(2)14-10-6-4-5-9(12)11(10)13/h4-6H,3,7H2,1-2H3,(H,14,15). The fraction of sp³-hybridized carbons (Fsp3) is 0.364. The molecule has 0 aliphatic rings. The molecule has 0 saturated carbocycles. The van der Waals surface area contributed by atoms with Crippen LogP contribution in [0.1, 0.15) is 20.3 Å². The van der Waals surface area contributed by atoms with Gasteiger partial charge in [0.25, 0.3) is 0 Å². The van der Waals surface area contributed by atoms with Crippen molar-refractivity contribution in [2.45, 2.75) is 20.3 Å². The number of halogens is 2. The lowest BCUT2D eigenvalue weighted by Crippen LogP contribution is -2.20. The number of benzene rings is 1. The van der Waals surface area contributed by atoms with Gasteiger partial charge >= 0.3 is 0 Å². The number of rotatable bonds is 4. The lowest BCUT2D eigenvalue weighted by atomic mass is 10.3. The molecule has 0 spiro atoms. The van der Waals surface area contributed by atoms with Crippen molar-refractivity contribution in [2.24, 2.45) is 4.99 Å². The predicted molar refractivity (Wildman–Crippen MR) is 68.6 cm³/mol. The van der Waals surface area contributed by atoms with E-state index in [2.05, 4.69) is 10.5 Å². The Labute approximate surface area is 105 Å². The van der Waals surface area contributed by atoms with E-state index in [1.54, 1.807) is 25.1 Å². The monoisotopic (exact) mass is 260 g/mol.